The standard InChI is InChI=1S/C90H98N2O18/c1-45(2)53-21-25-69(49(9)29-53)107-73-35-63-77-64(86(94)91(85(63)93)67(43-99-13)89(97)105-59-19-15-17-57(33-59)101-39-61-41-103-61)37-75(109-71-27-23-55(47(5)6)31-51(71)11)81-82-76(110-72-28-24-56(48(7)8)32-52(72)12)38-66-78-65(36-74(80(84(78)82)79(73)83(77)81)108-70-26-22-54(46(3)4)30-50(70)10)87(95)92(88(66)96)68(44-100-14)90(98)106-60-20-16-18-58(34-60)102-40-62-42-104-62/h21-32,35-38,45-48,57-62,67-68H,15-20,33-34,39-44H2,1-14H3. The summed E-state index contributed by atoms with van der Waals surface area (Å²) in [5.74, 6) is -2.50. The van der Waals surface area contributed by atoms with Crippen molar-refractivity contribution in [3.63, 3.8) is 0 Å². The van der Waals surface area contributed by atoms with Crippen molar-refractivity contribution >= 4 is 78.7 Å². The summed E-state index contributed by atoms with van der Waals surface area (Å²) in [4.78, 5) is 98.5. The lowest BCUT2D eigenvalue weighted by atomic mass is 9.80. The quantitative estimate of drug-likeness (QED) is 0.0146. The van der Waals surface area contributed by atoms with Crippen LogP contribution in [0, 0.1) is 27.7 Å². The average Bonchev–Trinajstić information content (AvgIpc) is 1.46. The van der Waals surface area contributed by atoms with Crippen LogP contribution in [-0.2, 0) is 47.5 Å². The van der Waals surface area contributed by atoms with Crippen LogP contribution in [0.3, 0.4) is 0 Å². The highest BCUT2D eigenvalue weighted by Gasteiger charge is 2.48. The van der Waals surface area contributed by atoms with Crippen LogP contribution in [0.5, 0.6) is 46.0 Å². The topological polar surface area (TPSA) is 226 Å². The van der Waals surface area contributed by atoms with Gasteiger partial charge in [0.25, 0.3) is 23.6 Å². The van der Waals surface area contributed by atoms with Crippen molar-refractivity contribution in [3.05, 3.63) is 164 Å². The van der Waals surface area contributed by atoms with Gasteiger partial charge in [0.1, 0.15) is 70.4 Å². The molecule has 9 aromatic carbocycles. The molecule has 4 fully saturated rings. The van der Waals surface area contributed by atoms with Gasteiger partial charge in [0, 0.05) is 70.2 Å². The van der Waals surface area contributed by atoms with Gasteiger partial charge in [-0.3, -0.25) is 29.0 Å². The summed E-state index contributed by atoms with van der Waals surface area (Å²) in [6.07, 6.45) is 3.34. The van der Waals surface area contributed by atoms with Crippen molar-refractivity contribution < 1.29 is 85.6 Å². The second-order valence-corrected chi connectivity index (χ2v) is 32.0. The van der Waals surface area contributed by atoms with Gasteiger partial charge in [-0.15, -0.1) is 0 Å². The first kappa shape index (κ1) is 75.9. The van der Waals surface area contributed by atoms with E-state index in [1.165, 1.54) is 14.2 Å². The minimum absolute atomic E-state index is 0.0159. The maximum absolute atomic E-state index is 16.5. The normalized spacial score (nSPS) is 20.3. The zero-order chi connectivity index (χ0) is 77.4. The van der Waals surface area contributed by atoms with Crippen molar-refractivity contribution in [2.75, 3.05) is 53.9 Å². The van der Waals surface area contributed by atoms with Crippen LogP contribution in [0.25, 0.3) is 43.1 Å². The van der Waals surface area contributed by atoms with E-state index in [0.717, 1.165) is 67.1 Å². The first-order chi connectivity index (χ1) is 52.9. The Morgan fingerprint density at radius 3 is 0.900 bits per heavy atom. The molecule has 2 saturated heterocycles. The number of carbonyl (C=O) groups is 6. The molecule has 8 atom stereocenters. The third kappa shape index (κ3) is 14.7. The predicted molar refractivity (Wildman–Crippen MR) is 417 cm³/mol. The minimum atomic E-state index is -1.60. The number of benzene rings is 9. The number of rotatable bonds is 28. The highest BCUT2D eigenvalue weighted by Crippen LogP contribution is 2.59. The van der Waals surface area contributed by atoms with Crippen LogP contribution in [0.15, 0.2) is 97.1 Å². The van der Waals surface area contributed by atoms with E-state index in [4.69, 9.17) is 56.8 Å². The zero-order valence-corrected chi connectivity index (χ0v) is 65.3. The maximum Gasteiger partial charge on any atom is 0.332 e. The second-order valence-electron chi connectivity index (χ2n) is 32.0. The smallest absolute Gasteiger partial charge is 0.332 e. The molecule has 4 amide bonds. The van der Waals surface area contributed by atoms with Gasteiger partial charge in [-0.25, -0.2) is 9.59 Å². The van der Waals surface area contributed by atoms with E-state index in [1.54, 1.807) is 24.3 Å². The Labute approximate surface area is 641 Å². The van der Waals surface area contributed by atoms with Gasteiger partial charge in [0.05, 0.1) is 74.1 Å². The summed E-state index contributed by atoms with van der Waals surface area (Å²) < 4.78 is 77.6. The number of hydrogen-bond acceptors (Lipinski definition) is 18. The molecule has 9 aromatic rings. The molecule has 110 heavy (non-hydrogen) atoms. The molecular formula is C90H98N2O18. The molecule has 4 heterocycles. The summed E-state index contributed by atoms with van der Waals surface area (Å²) in [6.45, 7) is 25.9. The lowest BCUT2D eigenvalue weighted by molar-refractivity contribution is -0.160. The maximum atomic E-state index is 16.5. The molecule has 0 bridgehead atoms. The number of amides is 4. The monoisotopic (exact) mass is 1490 g/mol. The zero-order valence-electron chi connectivity index (χ0n) is 65.3. The first-order valence-electron chi connectivity index (χ1n) is 39.0. The number of aryl methyl sites for hydroxylation is 4. The van der Waals surface area contributed by atoms with Crippen molar-refractivity contribution in [2.24, 2.45) is 0 Å². The SMILES string of the molecule is COCC(C(=O)OC1CCCC(OCC2CO2)C1)N1C(=O)c2cc(Oc3ccc(C(C)C)cc3C)c3c4c(Oc5ccc(C(C)C)cc5C)cc5c6c(cc(Oc7ccc(C(C)C)cc7C)c(c7c(Oc8ccc(C(C)C)cc8C)cc(c2c37)C1=O)c64)C(=O)N(C(COC)C(=O)OC1CCCC(OCC2CO2)C1)C5=O. The average molecular weight is 1500 g/mol. The number of nitrogens with zero attached hydrogens (tertiary/aromatic N) is 2. The van der Waals surface area contributed by atoms with Gasteiger partial charge >= 0.3 is 11.9 Å². The molecule has 20 heteroatoms. The van der Waals surface area contributed by atoms with Crippen LogP contribution < -0.4 is 18.9 Å². The van der Waals surface area contributed by atoms with Gasteiger partial charge in [0.2, 0.25) is 0 Å². The van der Waals surface area contributed by atoms with Crippen LogP contribution in [0.1, 0.15) is 216 Å². The van der Waals surface area contributed by atoms with Gasteiger partial charge in [-0.05, 0) is 183 Å². The molecule has 20 nitrogen and oxygen atoms in total. The third-order valence-corrected chi connectivity index (χ3v) is 22.7. The highest BCUT2D eigenvalue weighted by molar-refractivity contribution is 6.45. The molecule has 15 rings (SSSR count). The number of esters is 2. The van der Waals surface area contributed by atoms with Crippen molar-refractivity contribution in [2.45, 2.75) is 207 Å². The Bertz CT molecular complexity index is 4580. The van der Waals surface area contributed by atoms with Gasteiger partial charge in [-0.1, -0.05) is 104 Å². The van der Waals surface area contributed by atoms with E-state index >= 15 is 28.8 Å². The molecule has 4 aliphatic heterocycles. The van der Waals surface area contributed by atoms with E-state index in [2.05, 4.69) is 55.4 Å². The molecule has 0 radical (unpaired) electrons. The number of methoxy groups -OCH3 is 2. The molecule has 6 aliphatic rings. The fourth-order valence-corrected chi connectivity index (χ4v) is 16.3. The minimum Gasteiger partial charge on any atom is -0.461 e. The molecular weight excluding hydrogens is 1400 g/mol. The molecule has 576 valence electrons. The van der Waals surface area contributed by atoms with Gasteiger partial charge < -0.3 is 56.8 Å². The molecule has 0 spiro atoms. The fourth-order valence-electron chi connectivity index (χ4n) is 16.3. The Hall–Kier alpha value is -9.54. The lowest BCUT2D eigenvalue weighted by Crippen LogP contribution is -2.53. The summed E-state index contributed by atoms with van der Waals surface area (Å²) in [5.41, 5.74) is 7.10. The summed E-state index contributed by atoms with van der Waals surface area (Å²) >= 11 is 0. The molecule has 2 saturated carbocycles. The number of fused-ring (bicyclic) bond motifs is 2. The fraction of sp³-hybridized carbons (Fsp3) is 0.444. The predicted octanol–water partition coefficient (Wildman–Crippen LogP) is 18.4. The van der Waals surface area contributed by atoms with Crippen molar-refractivity contribution in [1.29, 1.82) is 0 Å². The van der Waals surface area contributed by atoms with E-state index in [0.29, 0.717) is 109 Å². The third-order valence-electron chi connectivity index (χ3n) is 22.7. The molecule has 2 aliphatic carbocycles. The largest absolute Gasteiger partial charge is 0.461 e. The number of imide groups is 2. The van der Waals surface area contributed by atoms with E-state index < -0.39 is 73.1 Å². The van der Waals surface area contributed by atoms with Crippen LogP contribution >= 0.6 is 0 Å². The van der Waals surface area contributed by atoms with Crippen LogP contribution in [0.2, 0.25) is 0 Å². The van der Waals surface area contributed by atoms with Crippen LogP contribution in [-0.4, -0.2) is 148 Å². The van der Waals surface area contributed by atoms with E-state index in [-0.39, 0.29) is 115 Å². The number of ether oxygens (including phenoxy) is 12. The number of carbonyl (C=O) groups excluding carboxylic acids is 6. The van der Waals surface area contributed by atoms with Crippen molar-refractivity contribution in [1.82, 2.24) is 9.80 Å². The Balaban J connectivity index is 1.04. The van der Waals surface area contributed by atoms with E-state index in [9.17, 15) is 0 Å². The molecule has 0 aromatic heterocycles. The number of hydrogen-bond donors (Lipinski definition) is 0. The van der Waals surface area contributed by atoms with Crippen molar-refractivity contribution in [3.8, 4) is 46.0 Å². The summed E-state index contributed by atoms with van der Waals surface area (Å²) in [5, 5.41) is 2.10. The summed E-state index contributed by atoms with van der Waals surface area (Å²) in [6, 6.07) is 26.9. The Morgan fingerprint density at radius 1 is 0.382 bits per heavy atom. The molecule has 8 unspecified atom stereocenters. The van der Waals surface area contributed by atoms with Gasteiger partial charge in [0.15, 0.2) is 12.1 Å². The Morgan fingerprint density at radius 2 is 0.655 bits per heavy atom. The Kier molecular flexibility index (Phi) is 21.4. The highest BCUT2D eigenvalue weighted by atomic mass is 16.6. The van der Waals surface area contributed by atoms with Gasteiger partial charge in [-0.2, -0.15) is 0 Å². The molecule has 0 N–H and O–H groups in total. The summed E-state index contributed by atoms with van der Waals surface area (Å²) in [7, 11) is 2.80. The first-order valence-corrected chi connectivity index (χ1v) is 39.0. The lowest BCUT2D eigenvalue weighted by Gasteiger charge is -2.36. The van der Waals surface area contributed by atoms with E-state index in [1.807, 2.05) is 100 Å². The van der Waals surface area contributed by atoms with Crippen LogP contribution in [0.4, 0.5) is 0 Å². The number of epoxide rings is 2. The second kappa shape index (κ2) is 31.0.